The number of nitriles is 1. The molecule has 1 saturated heterocycles. The van der Waals surface area contributed by atoms with Crippen molar-refractivity contribution in [3.63, 3.8) is 0 Å². The predicted molar refractivity (Wildman–Crippen MR) is 67.5 cm³/mol. The second kappa shape index (κ2) is 5.15. The molecule has 0 amide bonds. The molecule has 17 heavy (non-hydrogen) atoms. The van der Waals surface area contributed by atoms with Crippen LogP contribution in [0.1, 0.15) is 18.9 Å². The molecule has 4 heteroatoms. The van der Waals surface area contributed by atoms with Crippen LogP contribution in [-0.2, 0) is 0 Å². The molecule has 0 radical (unpaired) electrons. The van der Waals surface area contributed by atoms with Gasteiger partial charge >= 0.3 is 0 Å². The molecule has 4 nitrogen and oxygen atoms in total. The van der Waals surface area contributed by atoms with E-state index in [1.165, 1.54) is 0 Å². The fourth-order valence-corrected chi connectivity index (χ4v) is 2.38. The van der Waals surface area contributed by atoms with Gasteiger partial charge < -0.3 is 10.6 Å². The van der Waals surface area contributed by atoms with Crippen LogP contribution < -0.4 is 10.6 Å². The van der Waals surface area contributed by atoms with Crippen LogP contribution in [0, 0.1) is 23.2 Å². The van der Waals surface area contributed by atoms with Gasteiger partial charge in [0.1, 0.15) is 11.9 Å². The number of hydrogen-bond donors (Lipinski definition) is 1. The van der Waals surface area contributed by atoms with Gasteiger partial charge in [-0.3, -0.25) is 0 Å². The summed E-state index contributed by atoms with van der Waals surface area (Å²) in [6.07, 6.45) is 2.86. The molecule has 2 atom stereocenters. The molecule has 1 aromatic rings. The largest absolute Gasteiger partial charge is 0.355 e. The number of nitrogens with zero attached hydrogens (tertiary/aromatic N) is 3. The summed E-state index contributed by atoms with van der Waals surface area (Å²) in [4.78, 5) is 6.52. The van der Waals surface area contributed by atoms with Gasteiger partial charge in [-0.05, 0) is 36.9 Å². The van der Waals surface area contributed by atoms with E-state index in [4.69, 9.17) is 11.0 Å². The van der Waals surface area contributed by atoms with Crippen LogP contribution in [0.25, 0.3) is 0 Å². The zero-order chi connectivity index (χ0) is 12.3. The van der Waals surface area contributed by atoms with Crippen LogP contribution in [0.2, 0.25) is 0 Å². The number of hydrogen-bond acceptors (Lipinski definition) is 4. The van der Waals surface area contributed by atoms with Gasteiger partial charge in [-0.15, -0.1) is 0 Å². The highest BCUT2D eigenvalue weighted by molar-refractivity contribution is 5.53. The van der Waals surface area contributed by atoms with E-state index < -0.39 is 0 Å². The Labute approximate surface area is 102 Å². The first-order valence-electron chi connectivity index (χ1n) is 6.06. The normalized spacial score (nSPS) is 24.4. The Morgan fingerprint density at radius 3 is 3.18 bits per heavy atom. The molecule has 0 aromatic carbocycles. The van der Waals surface area contributed by atoms with E-state index >= 15 is 0 Å². The van der Waals surface area contributed by atoms with Crippen LogP contribution in [0.4, 0.5) is 5.82 Å². The van der Waals surface area contributed by atoms with Crippen molar-refractivity contribution in [2.45, 2.75) is 13.3 Å². The average molecular weight is 230 g/mol. The number of rotatable bonds is 2. The Balaban J connectivity index is 2.21. The monoisotopic (exact) mass is 230 g/mol. The summed E-state index contributed by atoms with van der Waals surface area (Å²) in [6, 6.07) is 5.82. The third kappa shape index (κ3) is 2.40. The highest BCUT2D eigenvalue weighted by Crippen LogP contribution is 2.27. The second-order valence-electron chi connectivity index (χ2n) is 4.69. The minimum atomic E-state index is 0.497. The molecule has 1 aliphatic heterocycles. The quantitative estimate of drug-likeness (QED) is 0.833. The average Bonchev–Trinajstić information content (AvgIpc) is 2.39. The van der Waals surface area contributed by atoms with Gasteiger partial charge in [-0.1, -0.05) is 6.92 Å². The van der Waals surface area contributed by atoms with E-state index in [9.17, 15) is 0 Å². The van der Waals surface area contributed by atoms with Gasteiger partial charge in [-0.2, -0.15) is 5.26 Å². The Hall–Kier alpha value is -1.60. The van der Waals surface area contributed by atoms with Crippen LogP contribution in [0.5, 0.6) is 0 Å². The minimum absolute atomic E-state index is 0.497. The summed E-state index contributed by atoms with van der Waals surface area (Å²) in [6.45, 7) is 4.82. The number of piperidine rings is 1. The number of anilines is 1. The Bertz CT molecular complexity index is 424. The molecule has 0 aliphatic carbocycles. The van der Waals surface area contributed by atoms with Crippen LogP contribution in [0.3, 0.4) is 0 Å². The molecular formula is C13H18N4. The van der Waals surface area contributed by atoms with Gasteiger partial charge in [0.15, 0.2) is 0 Å². The SMILES string of the molecule is CC1CCN(c2ncccc2C#N)CC1CN. The lowest BCUT2D eigenvalue weighted by molar-refractivity contribution is 0.307. The summed E-state index contributed by atoms with van der Waals surface area (Å²) in [7, 11) is 0. The Kier molecular flexibility index (Phi) is 3.60. The zero-order valence-corrected chi connectivity index (χ0v) is 10.1. The van der Waals surface area contributed by atoms with Gasteiger partial charge in [0.2, 0.25) is 0 Å². The molecule has 2 N–H and O–H groups in total. The maximum absolute atomic E-state index is 9.08. The molecule has 1 aromatic heterocycles. The fraction of sp³-hybridized carbons (Fsp3) is 0.538. The van der Waals surface area contributed by atoms with Crippen LogP contribution in [0.15, 0.2) is 18.3 Å². The molecule has 2 unspecified atom stereocenters. The molecule has 1 aliphatic rings. The van der Waals surface area contributed by atoms with Crippen molar-refractivity contribution in [2.75, 3.05) is 24.5 Å². The summed E-state index contributed by atoms with van der Waals surface area (Å²) < 4.78 is 0. The maximum atomic E-state index is 9.08. The molecule has 1 fully saturated rings. The molecule has 90 valence electrons. The number of nitrogens with two attached hydrogens (primary N) is 1. The van der Waals surface area contributed by atoms with E-state index in [1.54, 1.807) is 12.3 Å². The van der Waals surface area contributed by atoms with E-state index in [-0.39, 0.29) is 0 Å². The smallest absolute Gasteiger partial charge is 0.146 e. The highest BCUT2D eigenvalue weighted by atomic mass is 15.2. The number of aromatic nitrogens is 1. The third-order valence-corrected chi connectivity index (χ3v) is 3.62. The first kappa shape index (κ1) is 11.9. The standard InChI is InChI=1S/C13H18N4/c1-10-4-6-17(9-12(10)8-15)13-11(7-14)3-2-5-16-13/h2-3,5,10,12H,4,6,8-9,15H2,1H3. The van der Waals surface area contributed by atoms with E-state index in [2.05, 4.69) is 22.9 Å². The second-order valence-corrected chi connectivity index (χ2v) is 4.69. The summed E-state index contributed by atoms with van der Waals surface area (Å²) >= 11 is 0. The highest BCUT2D eigenvalue weighted by Gasteiger charge is 2.26. The Morgan fingerprint density at radius 1 is 1.65 bits per heavy atom. The van der Waals surface area contributed by atoms with Crippen molar-refractivity contribution in [3.8, 4) is 6.07 Å². The topological polar surface area (TPSA) is 65.9 Å². The first-order valence-corrected chi connectivity index (χ1v) is 6.06. The van der Waals surface area contributed by atoms with Crippen LogP contribution in [-0.4, -0.2) is 24.6 Å². The van der Waals surface area contributed by atoms with Crippen molar-refractivity contribution in [3.05, 3.63) is 23.9 Å². The number of pyridine rings is 1. The van der Waals surface area contributed by atoms with Crippen LogP contribution >= 0.6 is 0 Å². The van der Waals surface area contributed by atoms with E-state index in [0.29, 0.717) is 23.9 Å². The van der Waals surface area contributed by atoms with Crippen molar-refractivity contribution in [2.24, 2.45) is 17.6 Å². The zero-order valence-electron chi connectivity index (χ0n) is 10.1. The van der Waals surface area contributed by atoms with E-state index in [0.717, 1.165) is 25.3 Å². The van der Waals surface area contributed by atoms with Crippen molar-refractivity contribution in [1.29, 1.82) is 5.26 Å². The van der Waals surface area contributed by atoms with Crippen molar-refractivity contribution < 1.29 is 0 Å². The molecule has 2 rings (SSSR count). The van der Waals surface area contributed by atoms with Crippen molar-refractivity contribution in [1.82, 2.24) is 4.98 Å². The minimum Gasteiger partial charge on any atom is -0.355 e. The predicted octanol–water partition coefficient (Wildman–Crippen LogP) is 1.37. The van der Waals surface area contributed by atoms with Gasteiger partial charge in [0.25, 0.3) is 0 Å². The van der Waals surface area contributed by atoms with Crippen molar-refractivity contribution >= 4 is 5.82 Å². The first-order chi connectivity index (χ1) is 8.26. The lowest BCUT2D eigenvalue weighted by atomic mass is 9.87. The fourth-order valence-electron chi connectivity index (χ4n) is 2.38. The van der Waals surface area contributed by atoms with E-state index in [1.807, 2.05) is 6.07 Å². The molecule has 0 bridgehead atoms. The summed E-state index contributed by atoms with van der Waals surface area (Å²) in [5, 5.41) is 9.08. The molecule has 2 heterocycles. The molecule has 0 spiro atoms. The maximum Gasteiger partial charge on any atom is 0.146 e. The van der Waals surface area contributed by atoms with Gasteiger partial charge in [0, 0.05) is 19.3 Å². The molecular weight excluding hydrogens is 212 g/mol. The molecule has 0 saturated carbocycles. The Morgan fingerprint density at radius 2 is 2.47 bits per heavy atom. The van der Waals surface area contributed by atoms with Gasteiger partial charge in [0.05, 0.1) is 5.56 Å². The summed E-state index contributed by atoms with van der Waals surface area (Å²) in [5.41, 5.74) is 6.44. The third-order valence-electron chi connectivity index (χ3n) is 3.62. The lowest BCUT2D eigenvalue weighted by Gasteiger charge is -2.37. The van der Waals surface area contributed by atoms with Gasteiger partial charge in [-0.25, -0.2) is 4.98 Å². The summed E-state index contributed by atoms with van der Waals surface area (Å²) in [5.74, 6) is 1.96. The lowest BCUT2D eigenvalue weighted by Crippen LogP contribution is -2.43.